The zero-order chi connectivity index (χ0) is 13.3. The van der Waals surface area contributed by atoms with E-state index in [1.54, 1.807) is 13.8 Å². The number of rotatable bonds is 7. The monoisotopic (exact) mass is 261 g/mol. The Bertz CT molecular complexity index is 249. The summed E-state index contributed by atoms with van der Waals surface area (Å²) in [5, 5.41) is 7.95. The highest BCUT2D eigenvalue weighted by Gasteiger charge is 2.16. The van der Waals surface area contributed by atoms with Crippen molar-refractivity contribution in [2.75, 3.05) is 18.1 Å². The average Bonchev–Trinajstić information content (AvgIpc) is 2.26. The number of urea groups is 1. The number of hydrogen-bond donors (Lipinski definition) is 3. The quantitative estimate of drug-likeness (QED) is 0.638. The molecule has 0 fully saturated rings. The van der Waals surface area contributed by atoms with Gasteiger partial charge in [-0.15, -0.1) is 0 Å². The molecule has 0 aliphatic rings. The minimum absolute atomic E-state index is 0.245. The van der Waals surface area contributed by atoms with E-state index in [9.17, 15) is 9.59 Å². The van der Waals surface area contributed by atoms with Gasteiger partial charge in [-0.2, -0.15) is 11.8 Å². The lowest BCUT2D eigenvalue weighted by Gasteiger charge is -2.18. The molecule has 0 aliphatic carbocycles. The molecule has 6 heteroatoms. The molecule has 2 unspecified atom stereocenters. The Morgan fingerprint density at radius 3 is 2.41 bits per heavy atom. The van der Waals surface area contributed by atoms with Crippen molar-refractivity contribution in [2.45, 2.75) is 39.8 Å². The van der Waals surface area contributed by atoms with Gasteiger partial charge in [0.05, 0.1) is 6.04 Å². The summed E-state index contributed by atoms with van der Waals surface area (Å²) in [6, 6.07) is -0.568. The first-order valence-corrected chi connectivity index (χ1v) is 7.09. The largest absolute Gasteiger partial charge is 0.338 e. The fraction of sp³-hybridized carbons (Fsp3) is 0.818. The van der Waals surface area contributed by atoms with Crippen LogP contribution in [0.25, 0.3) is 0 Å². The number of hydrogen-bond acceptors (Lipinski definition) is 4. The predicted molar refractivity (Wildman–Crippen MR) is 72.3 cm³/mol. The SMILES string of the molecule is CCNC(=O)NC(=O)C(C)NC(C)CSCC. The summed E-state index contributed by atoms with van der Waals surface area (Å²) >= 11 is 1.82. The maximum atomic E-state index is 11.6. The van der Waals surface area contributed by atoms with E-state index in [1.165, 1.54) is 0 Å². The number of imide groups is 1. The molecule has 0 heterocycles. The zero-order valence-corrected chi connectivity index (χ0v) is 11.8. The molecular weight excluding hydrogens is 238 g/mol. The standard InChI is InChI=1S/C11H23N3O2S/c1-5-12-11(16)14-10(15)9(4)13-8(3)7-17-6-2/h8-9,13H,5-7H2,1-4H3,(H2,12,14,15,16). The predicted octanol–water partition coefficient (Wildman–Crippen LogP) is 0.952. The summed E-state index contributed by atoms with van der Waals surface area (Å²) in [6.07, 6.45) is 0. The zero-order valence-electron chi connectivity index (χ0n) is 11.0. The maximum absolute atomic E-state index is 11.6. The summed E-state index contributed by atoms with van der Waals surface area (Å²) in [7, 11) is 0. The van der Waals surface area contributed by atoms with E-state index in [1.807, 2.05) is 18.7 Å². The van der Waals surface area contributed by atoms with Crippen LogP contribution in [0.15, 0.2) is 0 Å². The molecular formula is C11H23N3O2S. The van der Waals surface area contributed by atoms with E-state index in [0.29, 0.717) is 6.54 Å². The second kappa shape index (κ2) is 9.30. The van der Waals surface area contributed by atoms with Crippen molar-refractivity contribution >= 4 is 23.7 Å². The molecule has 0 saturated heterocycles. The third-order valence-corrected chi connectivity index (χ3v) is 3.22. The van der Waals surface area contributed by atoms with Gasteiger partial charge in [-0.3, -0.25) is 10.1 Å². The van der Waals surface area contributed by atoms with Crippen LogP contribution < -0.4 is 16.0 Å². The number of thioether (sulfide) groups is 1. The first-order valence-electron chi connectivity index (χ1n) is 5.93. The second-order valence-corrected chi connectivity index (χ2v) is 5.12. The van der Waals surface area contributed by atoms with Crippen LogP contribution >= 0.6 is 11.8 Å². The van der Waals surface area contributed by atoms with Crippen LogP contribution in [0.1, 0.15) is 27.7 Å². The van der Waals surface area contributed by atoms with E-state index in [2.05, 4.69) is 22.9 Å². The molecule has 0 aromatic heterocycles. The van der Waals surface area contributed by atoms with Gasteiger partial charge in [0.2, 0.25) is 5.91 Å². The summed E-state index contributed by atoms with van der Waals surface area (Å²) in [6.45, 7) is 8.18. The van der Waals surface area contributed by atoms with Crippen molar-refractivity contribution in [1.29, 1.82) is 0 Å². The third-order valence-electron chi connectivity index (χ3n) is 2.07. The smallest absolute Gasteiger partial charge is 0.321 e. The van der Waals surface area contributed by atoms with Crippen LogP contribution in [0.2, 0.25) is 0 Å². The van der Waals surface area contributed by atoms with E-state index in [0.717, 1.165) is 11.5 Å². The molecule has 0 spiro atoms. The second-order valence-electron chi connectivity index (χ2n) is 3.80. The minimum Gasteiger partial charge on any atom is -0.338 e. The van der Waals surface area contributed by atoms with Gasteiger partial charge in [-0.25, -0.2) is 4.79 Å². The van der Waals surface area contributed by atoms with E-state index < -0.39 is 6.03 Å². The maximum Gasteiger partial charge on any atom is 0.321 e. The highest BCUT2D eigenvalue weighted by atomic mass is 32.2. The molecule has 0 bridgehead atoms. The molecule has 0 saturated carbocycles. The Hall–Kier alpha value is -0.750. The van der Waals surface area contributed by atoms with E-state index in [4.69, 9.17) is 0 Å². The third kappa shape index (κ3) is 8.04. The van der Waals surface area contributed by atoms with E-state index in [-0.39, 0.29) is 18.0 Å². The Kier molecular flexibility index (Phi) is 8.89. The van der Waals surface area contributed by atoms with Gasteiger partial charge in [0.1, 0.15) is 0 Å². The molecule has 17 heavy (non-hydrogen) atoms. The van der Waals surface area contributed by atoms with E-state index >= 15 is 0 Å². The summed E-state index contributed by atoms with van der Waals surface area (Å²) < 4.78 is 0. The van der Waals surface area contributed by atoms with Gasteiger partial charge in [-0.1, -0.05) is 6.92 Å². The Morgan fingerprint density at radius 2 is 1.88 bits per heavy atom. The van der Waals surface area contributed by atoms with Crippen LogP contribution in [0.4, 0.5) is 4.79 Å². The van der Waals surface area contributed by atoms with Crippen molar-refractivity contribution < 1.29 is 9.59 Å². The topological polar surface area (TPSA) is 70.2 Å². The van der Waals surface area contributed by atoms with Gasteiger partial charge in [0.15, 0.2) is 0 Å². The first-order chi connectivity index (χ1) is 8.01. The molecule has 0 rings (SSSR count). The summed E-state index contributed by atoms with van der Waals surface area (Å²) in [4.78, 5) is 22.7. The lowest BCUT2D eigenvalue weighted by molar-refractivity contribution is -0.121. The minimum atomic E-state index is -0.443. The normalized spacial score (nSPS) is 13.9. The lowest BCUT2D eigenvalue weighted by atomic mass is 10.2. The molecule has 0 radical (unpaired) electrons. The van der Waals surface area contributed by atoms with Crippen molar-refractivity contribution in [2.24, 2.45) is 0 Å². The van der Waals surface area contributed by atoms with Crippen molar-refractivity contribution in [3.63, 3.8) is 0 Å². The van der Waals surface area contributed by atoms with Crippen molar-refractivity contribution in [1.82, 2.24) is 16.0 Å². The Morgan fingerprint density at radius 1 is 1.24 bits per heavy atom. The van der Waals surface area contributed by atoms with Crippen LogP contribution in [0.3, 0.4) is 0 Å². The molecule has 5 nitrogen and oxygen atoms in total. The van der Waals surface area contributed by atoms with Crippen LogP contribution in [-0.2, 0) is 4.79 Å². The molecule has 0 aliphatic heterocycles. The van der Waals surface area contributed by atoms with Crippen LogP contribution in [0, 0.1) is 0 Å². The summed E-state index contributed by atoms with van der Waals surface area (Å²) in [5.41, 5.74) is 0. The highest BCUT2D eigenvalue weighted by molar-refractivity contribution is 7.99. The van der Waals surface area contributed by atoms with Crippen molar-refractivity contribution in [3.05, 3.63) is 0 Å². The molecule has 0 aromatic rings. The molecule has 2 atom stereocenters. The van der Waals surface area contributed by atoms with Gasteiger partial charge in [0, 0.05) is 18.3 Å². The highest BCUT2D eigenvalue weighted by Crippen LogP contribution is 2.02. The Balaban J connectivity index is 3.92. The number of carbonyl (C=O) groups is 2. The summed E-state index contributed by atoms with van der Waals surface area (Å²) in [5.74, 6) is 1.71. The molecule has 3 amide bonds. The van der Waals surface area contributed by atoms with Crippen LogP contribution in [-0.4, -0.2) is 42.1 Å². The fourth-order valence-electron chi connectivity index (χ4n) is 1.27. The first kappa shape index (κ1) is 16.2. The van der Waals surface area contributed by atoms with Gasteiger partial charge in [0.25, 0.3) is 0 Å². The average molecular weight is 261 g/mol. The Labute approximate surface area is 107 Å². The molecule has 0 aromatic carbocycles. The molecule has 3 N–H and O–H groups in total. The molecule has 100 valence electrons. The van der Waals surface area contributed by atoms with Gasteiger partial charge < -0.3 is 10.6 Å². The fourth-order valence-corrected chi connectivity index (χ4v) is 1.96. The van der Waals surface area contributed by atoms with Crippen LogP contribution in [0.5, 0.6) is 0 Å². The number of carbonyl (C=O) groups excluding carboxylic acids is 2. The van der Waals surface area contributed by atoms with Gasteiger partial charge >= 0.3 is 6.03 Å². The number of nitrogens with one attached hydrogen (secondary N) is 3. The van der Waals surface area contributed by atoms with Crippen molar-refractivity contribution in [3.8, 4) is 0 Å². The lowest BCUT2D eigenvalue weighted by Crippen LogP contribution is -2.50. The van der Waals surface area contributed by atoms with Gasteiger partial charge in [-0.05, 0) is 26.5 Å². The number of amides is 3.